The summed E-state index contributed by atoms with van der Waals surface area (Å²) in [5.74, 6) is 0.742. The molecule has 0 atom stereocenters. The first-order valence-electron chi connectivity index (χ1n) is 8.66. The molecule has 1 N–H and O–H groups in total. The molecule has 0 spiro atoms. The lowest BCUT2D eigenvalue weighted by Gasteiger charge is -2.15. The summed E-state index contributed by atoms with van der Waals surface area (Å²) < 4.78 is 5.77. The molecule has 0 unspecified atom stereocenters. The Kier molecular flexibility index (Phi) is 6.78. The second-order valence-electron chi connectivity index (χ2n) is 6.44. The van der Waals surface area contributed by atoms with Crippen molar-refractivity contribution in [3.63, 3.8) is 0 Å². The number of aryl methyl sites for hydroxylation is 2. The molecule has 0 fully saturated rings. The van der Waals surface area contributed by atoms with Gasteiger partial charge in [-0.3, -0.25) is 9.59 Å². The highest BCUT2D eigenvalue weighted by molar-refractivity contribution is 5.90. The van der Waals surface area contributed by atoms with Crippen LogP contribution in [0.4, 0.5) is 5.69 Å². The number of carbonyl (C=O) groups excluding carboxylic acids is 2. The number of hydrogen-bond acceptors (Lipinski definition) is 3. The van der Waals surface area contributed by atoms with Gasteiger partial charge < -0.3 is 15.0 Å². The van der Waals surface area contributed by atoms with Crippen LogP contribution in [0.1, 0.15) is 30.0 Å². The topological polar surface area (TPSA) is 58.6 Å². The van der Waals surface area contributed by atoms with Crippen LogP contribution in [0.15, 0.2) is 42.5 Å². The molecule has 0 aliphatic carbocycles. The summed E-state index contributed by atoms with van der Waals surface area (Å²) in [6.45, 7) is 6.35. The molecule has 0 heterocycles. The standard InChI is InChI=1S/C21H26N2O3/c1-15-7-5-8-16(2)21(15)26-12-11-20(25)22-19-10-6-9-18(13-19)14-23(4)17(3)24/h5-10,13H,11-12,14H2,1-4H3,(H,22,25). The van der Waals surface area contributed by atoms with Crippen molar-refractivity contribution in [1.82, 2.24) is 4.90 Å². The van der Waals surface area contributed by atoms with Crippen molar-refractivity contribution in [3.8, 4) is 5.75 Å². The minimum atomic E-state index is -0.103. The van der Waals surface area contributed by atoms with Crippen molar-refractivity contribution in [2.45, 2.75) is 33.7 Å². The summed E-state index contributed by atoms with van der Waals surface area (Å²) in [7, 11) is 1.75. The number of rotatable bonds is 7. The molecule has 5 nitrogen and oxygen atoms in total. The number of ether oxygens (including phenoxy) is 1. The quantitative estimate of drug-likeness (QED) is 0.825. The first-order valence-corrected chi connectivity index (χ1v) is 8.66. The second kappa shape index (κ2) is 9.04. The lowest BCUT2D eigenvalue weighted by atomic mass is 10.1. The molecule has 2 aromatic rings. The van der Waals surface area contributed by atoms with Gasteiger partial charge in [-0.05, 0) is 42.7 Å². The van der Waals surface area contributed by atoms with Gasteiger partial charge in [0.15, 0.2) is 0 Å². The van der Waals surface area contributed by atoms with Crippen LogP contribution in [-0.2, 0) is 16.1 Å². The largest absolute Gasteiger partial charge is 0.493 e. The van der Waals surface area contributed by atoms with Crippen LogP contribution < -0.4 is 10.1 Å². The Morgan fingerprint density at radius 3 is 2.38 bits per heavy atom. The monoisotopic (exact) mass is 354 g/mol. The second-order valence-corrected chi connectivity index (χ2v) is 6.44. The molecule has 5 heteroatoms. The summed E-state index contributed by atoms with van der Waals surface area (Å²) in [4.78, 5) is 25.1. The Morgan fingerprint density at radius 1 is 1.08 bits per heavy atom. The molecule has 26 heavy (non-hydrogen) atoms. The van der Waals surface area contributed by atoms with Gasteiger partial charge in [-0.2, -0.15) is 0 Å². The number of amides is 2. The highest BCUT2D eigenvalue weighted by Crippen LogP contribution is 2.22. The van der Waals surface area contributed by atoms with Gasteiger partial charge in [-0.25, -0.2) is 0 Å². The Labute approximate surface area is 155 Å². The molecule has 0 aliphatic heterocycles. The van der Waals surface area contributed by atoms with Gasteiger partial charge in [0.25, 0.3) is 0 Å². The van der Waals surface area contributed by atoms with E-state index in [1.54, 1.807) is 11.9 Å². The van der Waals surface area contributed by atoms with Crippen LogP contribution in [0.3, 0.4) is 0 Å². The van der Waals surface area contributed by atoms with Gasteiger partial charge in [0.2, 0.25) is 11.8 Å². The Hall–Kier alpha value is -2.82. The number of nitrogens with one attached hydrogen (secondary N) is 1. The third kappa shape index (κ3) is 5.62. The molecule has 138 valence electrons. The van der Waals surface area contributed by atoms with E-state index in [2.05, 4.69) is 5.32 Å². The highest BCUT2D eigenvalue weighted by atomic mass is 16.5. The molecule has 0 bridgehead atoms. The number of benzene rings is 2. The zero-order valence-electron chi connectivity index (χ0n) is 15.8. The van der Waals surface area contributed by atoms with Crippen molar-refractivity contribution >= 4 is 17.5 Å². The van der Waals surface area contributed by atoms with E-state index in [1.165, 1.54) is 6.92 Å². The molecule has 2 amide bonds. The number of nitrogens with zero attached hydrogens (tertiary/aromatic N) is 1. The number of anilines is 1. The van der Waals surface area contributed by atoms with E-state index in [9.17, 15) is 9.59 Å². The van der Waals surface area contributed by atoms with Crippen LogP contribution in [0.25, 0.3) is 0 Å². The Morgan fingerprint density at radius 2 is 1.73 bits per heavy atom. The van der Waals surface area contributed by atoms with Crippen LogP contribution >= 0.6 is 0 Å². The summed E-state index contributed by atoms with van der Waals surface area (Å²) >= 11 is 0. The van der Waals surface area contributed by atoms with E-state index in [0.717, 1.165) is 28.1 Å². The van der Waals surface area contributed by atoms with Crippen LogP contribution in [0.5, 0.6) is 5.75 Å². The predicted molar refractivity (Wildman–Crippen MR) is 103 cm³/mol. The lowest BCUT2D eigenvalue weighted by Crippen LogP contribution is -2.23. The zero-order valence-corrected chi connectivity index (χ0v) is 15.8. The van der Waals surface area contributed by atoms with E-state index in [-0.39, 0.29) is 18.2 Å². The number of para-hydroxylation sites is 1. The third-order valence-corrected chi connectivity index (χ3v) is 4.15. The summed E-state index contributed by atoms with van der Waals surface area (Å²) in [6.07, 6.45) is 0.269. The smallest absolute Gasteiger partial charge is 0.227 e. The van der Waals surface area contributed by atoms with E-state index in [1.807, 2.05) is 56.3 Å². The van der Waals surface area contributed by atoms with Crippen molar-refractivity contribution in [2.75, 3.05) is 19.0 Å². The normalized spacial score (nSPS) is 10.3. The van der Waals surface area contributed by atoms with Gasteiger partial charge in [-0.1, -0.05) is 30.3 Å². The fourth-order valence-corrected chi connectivity index (χ4v) is 2.63. The molecular formula is C21H26N2O3. The molecular weight excluding hydrogens is 328 g/mol. The van der Waals surface area contributed by atoms with Crippen molar-refractivity contribution < 1.29 is 14.3 Å². The Balaban J connectivity index is 1.87. The maximum Gasteiger partial charge on any atom is 0.227 e. The summed E-state index contributed by atoms with van der Waals surface area (Å²) in [6, 6.07) is 13.5. The van der Waals surface area contributed by atoms with Gasteiger partial charge in [0.05, 0.1) is 13.0 Å². The third-order valence-electron chi connectivity index (χ3n) is 4.15. The van der Waals surface area contributed by atoms with Crippen LogP contribution in [-0.4, -0.2) is 30.4 Å². The van der Waals surface area contributed by atoms with E-state index in [4.69, 9.17) is 4.74 Å². The van der Waals surface area contributed by atoms with Crippen LogP contribution in [0, 0.1) is 13.8 Å². The number of hydrogen-bond donors (Lipinski definition) is 1. The van der Waals surface area contributed by atoms with E-state index < -0.39 is 0 Å². The van der Waals surface area contributed by atoms with Gasteiger partial charge >= 0.3 is 0 Å². The first-order chi connectivity index (χ1) is 12.4. The maximum atomic E-state index is 12.2. The van der Waals surface area contributed by atoms with Gasteiger partial charge in [0, 0.05) is 26.2 Å². The Bertz CT molecular complexity index is 766. The number of carbonyl (C=O) groups is 2. The first kappa shape index (κ1) is 19.5. The molecule has 0 saturated carbocycles. The molecule has 0 radical (unpaired) electrons. The highest BCUT2D eigenvalue weighted by Gasteiger charge is 2.08. The maximum absolute atomic E-state index is 12.2. The minimum Gasteiger partial charge on any atom is -0.493 e. The fraction of sp³-hybridized carbons (Fsp3) is 0.333. The summed E-state index contributed by atoms with van der Waals surface area (Å²) in [5, 5.41) is 2.88. The molecule has 0 aliphatic rings. The van der Waals surface area contributed by atoms with Crippen molar-refractivity contribution in [3.05, 3.63) is 59.2 Å². The van der Waals surface area contributed by atoms with Crippen molar-refractivity contribution in [2.24, 2.45) is 0 Å². The molecule has 2 rings (SSSR count). The van der Waals surface area contributed by atoms with E-state index in [0.29, 0.717) is 13.2 Å². The minimum absolute atomic E-state index is 0.00286. The zero-order chi connectivity index (χ0) is 19.1. The van der Waals surface area contributed by atoms with E-state index >= 15 is 0 Å². The average molecular weight is 354 g/mol. The molecule has 0 aromatic heterocycles. The average Bonchev–Trinajstić information content (AvgIpc) is 2.57. The predicted octanol–water partition coefficient (Wildman–Crippen LogP) is 3.69. The van der Waals surface area contributed by atoms with Gasteiger partial charge in [0.1, 0.15) is 5.75 Å². The van der Waals surface area contributed by atoms with Crippen LogP contribution in [0.2, 0.25) is 0 Å². The fourth-order valence-electron chi connectivity index (χ4n) is 2.63. The van der Waals surface area contributed by atoms with Crippen molar-refractivity contribution in [1.29, 1.82) is 0 Å². The SMILES string of the molecule is CC(=O)N(C)Cc1cccc(NC(=O)CCOc2c(C)cccc2C)c1. The van der Waals surface area contributed by atoms with Gasteiger partial charge in [-0.15, -0.1) is 0 Å². The molecule has 2 aromatic carbocycles. The summed E-state index contributed by atoms with van der Waals surface area (Å²) in [5.41, 5.74) is 3.81. The lowest BCUT2D eigenvalue weighted by molar-refractivity contribution is -0.128. The molecule has 0 saturated heterocycles.